The van der Waals surface area contributed by atoms with Gasteiger partial charge in [0, 0.05) is 4.88 Å². The second kappa shape index (κ2) is 5.55. The Balaban J connectivity index is 2.40. The van der Waals surface area contributed by atoms with E-state index in [-0.39, 0.29) is 4.88 Å². The minimum atomic E-state index is -0.942. The molecule has 1 aromatic carbocycles. The van der Waals surface area contributed by atoms with Crippen molar-refractivity contribution in [2.24, 2.45) is 0 Å². The summed E-state index contributed by atoms with van der Waals surface area (Å²) in [6.45, 7) is 2.35. The van der Waals surface area contributed by atoms with Crippen LogP contribution in [0.1, 0.15) is 22.2 Å². The van der Waals surface area contributed by atoms with E-state index in [1.165, 1.54) is 11.3 Å². The van der Waals surface area contributed by atoms with E-state index >= 15 is 0 Å². The average molecular weight is 273 g/mol. The number of rotatable bonds is 4. The Hall–Kier alpha value is -2.32. The highest BCUT2D eigenvalue weighted by Crippen LogP contribution is 2.31. The molecule has 0 saturated carbocycles. The fraction of sp³-hybridized carbons (Fsp3) is 0.143. The molecule has 1 heterocycles. The molecule has 0 saturated heterocycles. The molecule has 0 aliphatic heterocycles. The van der Waals surface area contributed by atoms with Gasteiger partial charge in [0.15, 0.2) is 0 Å². The number of hydrogen-bond donors (Lipinski definition) is 1. The first-order valence-electron chi connectivity index (χ1n) is 5.66. The number of carboxylic acid groups (broad SMARTS) is 1. The first-order chi connectivity index (χ1) is 9.15. The van der Waals surface area contributed by atoms with Crippen molar-refractivity contribution >= 4 is 17.3 Å². The summed E-state index contributed by atoms with van der Waals surface area (Å²) in [6.07, 6.45) is 0. The van der Waals surface area contributed by atoms with Gasteiger partial charge in [0.2, 0.25) is 0 Å². The highest BCUT2D eigenvalue weighted by atomic mass is 32.1. The van der Waals surface area contributed by atoms with Crippen LogP contribution < -0.4 is 4.74 Å². The highest BCUT2D eigenvalue weighted by molar-refractivity contribution is 7.17. The first kappa shape index (κ1) is 13.1. The van der Waals surface area contributed by atoms with Crippen LogP contribution in [-0.4, -0.2) is 17.7 Å². The molecular formula is C14H11NO3S. The van der Waals surface area contributed by atoms with Gasteiger partial charge in [-0.3, -0.25) is 0 Å². The summed E-state index contributed by atoms with van der Waals surface area (Å²) < 4.78 is 5.35. The number of ether oxygens (including phenoxy) is 1. The highest BCUT2D eigenvalue weighted by Gasteiger charge is 2.10. The zero-order valence-electron chi connectivity index (χ0n) is 10.2. The molecule has 5 heteroatoms. The van der Waals surface area contributed by atoms with E-state index in [2.05, 4.69) is 6.07 Å². The van der Waals surface area contributed by atoms with Gasteiger partial charge in [0.05, 0.1) is 12.2 Å². The molecule has 1 N–H and O–H groups in total. The van der Waals surface area contributed by atoms with Crippen molar-refractivity contribution < 1.29 is 14.6 Å². The summed E-state index contributed by atoms with van der Waals surface area (Å²) in [5.74, 6) is -0.397. The molecule has 0 amide bonds. The van der Waals surface area contributed by atoms with Crippen LogP contribution in [0.2, 0.25) is 0 Å². The molecule has 4 nitrogen and oxygen atoms in total. The molecule has 0 unspecified atom stereocenters. The predicted octanol–water partition coefficient (Wildman–Crippen LogP) is 3.38. The number of nitriles is 1. The van der Waals surface area contributed by atoms with Gasteiger partial charge < -0.3 is 9.84 Å². The molecule has 0 aliphatic carbocycles. The summed E-state index contributed by atoms with van der Waals surface area (Å²) in [6, 6.07) is 10.7. The Labute approximate surface area is 114 Å². The Morgan fingerprint density at radius 2 is 2.21 bits per heavy atom. The quantitative estimate of drug-likeness (QED) is 0.927. The fourth-order valence-electron chi connectivity index (χ4n) is 1.66. The minimum absolute atomic E-state index is 0.280. The summed E-state index contributed by atoms with van der Waals surface area (Å²) in [5.41, 5.74) is 1.27. The topological polar surface area (TPSA) is 70.3 Å². The molecule has 1 aromatic heterocycles. The Morgan fingerprint density at radius 1 is 1.42 bits per heavy atom. The van der Waals surface area contributed by atoms with Crippen LogP contribution >= 0.6 is 11.3 Å². The summed E-state index contributed by atoms with van der Waals surface area (Å²) in [7, 11) is 0. The third-order valence-electron chi connectivity index (χ3n) is 2.50. The fourth-order valence-corrected chi connectivity index (χ4v) is 2.50. The third kappa shape index (κ3) is 2.75. The normalized spacial score (nSPS) is 9.89. The lowest BCUT2D eigenvalue weighted by Gasteiger charge is -2.06. The lowest BCUT2D eigenvalue weighted by Crippen LogP contribution is -1.94. The zero-order chi connectivity index (χ0) is 13.8. The van der Waals surface area contributed by atoms with Gasteiger partial charge in [-0.25, -0.2) is 4.79 Å². The van der Waals surface area contributed by atoms with Crippen molar-refractivity contribution in [3.63, 3.8) is 0 Å². The standard InChI is InChI=1S/C14H11NO3S/c1-2-18-11-4-3-9(7-10(11)8-15)12-5-6-13(19-12)14(16)17/h3-7H,2H2,1H3,(H,16,17). The third-order valence-corrected chi connectivity index (χ3v) is 3.62. The van der Waals surface area contributed by atoms with E-state index in [9.17, 15) is 4.79 Å². The molecule has 0 aliphatic rings. The van der Waals surface area contributed by atoms with Gasteiger partial charge in [0.1, 0.15) is 16.7 Å². The van der Waals surface area contributed by atoms with Gasteiger partial charge in [-0.05, 0) is 42.8 Å². The Morgan fingerprint density at radius 3 is 2.79 bits per heavy atom. The maximum absolute atomic E-state index is 10.8. The van der Waals surface area contributed by atoms with Crippen LogP contribution in [-0.2, 0) is 0 Å². The van der Waals surface area contributed by atoms with E-state index in [1.807, 2.05) is 13.0 Å². The summed E-state index contributed by atoms with van der Waals surface area (Å²) in [4.78, 5) is 11.9. The van der Waals surface area contributed by atoms with Crippen LogP contribution in [0.3, 0.4) is 0 Å². The summed E-state index contributed by atoms with van der Waals surface area (Å²) in [5, 5.41) is 18.0. The van der Waals surface area contributed by atoms with Crippen molar-refractivity contribution in [2.75, 3.05) is 6.61 Å². The number of nitrogens with zero attached hydrogens (tertiary/aromatic N) is 1. The van der Waals surface area contributed by atoms with Crippen molar-refractivity contribution in [3.05, 3.63) is 40.8 Å². The summed E-state index contributed by atoms with van der Waals surface area (Å²) >= 11 is 1.18. The van der Waals surface area contributed by atoms with Gasteiger partial charge >= 0.3 is 5.97 Å². The molecular weight excluding hydrogens is 262 g/mol. The number of thiophene rings is 1. The lowest BCUT2D eigenvalue weighted by atomic mass is 10.1. The van der Waals surface area contributed by atoms with E-state index < -0.39 is 5.97 Å². The second-order valence-electron chi connectivity index (χ2n) is 3.72. The van der Waals surface area contributed by atoms with Crippen molar-refractivity contribution in [1.82, 2.24) is 0 Å². The molecule has 96 valence electrons. The smallest absolute Gasteiger partial charge is 0.345 e. The van der Waals surface area contributed by atoms with E-state index in [0.29, 0.717) is 17.9 Å². The largest absolute Gasteiger partial charge is 0.492 e. The van der Waals surface area contributed by atoms with Crippen molar-refractivity contribution in [3.8, 4) is 22.3 Å². The SMILES string of the molecule is CCOc1ccc(-c2ccc(C(=O)O)s2)cc1C#N. The molecule has 2 rings (SSSR count). The van der Waals surface area contributed by atoms with Gasteiger partial charge in [-0.2, -0.15) is 5.26 Å². The van der Waals surface area contributed by atoms with Crippen molar-refractivity contribution in [2.45, 2.75) is 6.92 Å². The van der Waals surface area contributed by atoms with Crippen LogP contribution in [0.5, 0.6) is 5.75 Å². The average Bonchev–Trinajstić information content (AvgIpc) is 2.89. The van der Waals surface area contributed by atoms with Gasteiger partial charge in [-0.1, -0.05) is 0 Å². The van der Waals surface area contributed by atoms with Crippen LogP contribution in [0.4, 0.5) is 0 Å². The number of aromatic carboxylic acids is 1. The zero-order valence-corrected chi connectivity index (χ0v) is 11.0. The van der Waals surface area contributed by atoms with Gasteiger partial charge in [0.25, 0.3) is 0 Å². The number of carbonyl (C=O) groups is 1. The minimum Gasteiger partial charge on any atom is -0.492 e. The van der Waals surface area contributed by atoms with Crippen LogP contribution in [0, 0.1) is 11.3 Å². The first-order valence-corrected chi connectivity index (χ1v) is 6.47. The maximum atomic E-state index is 10.8. The monoisotopic (exact) mass is 273 g/mol. The number of benzene rings is 1. The molecule has 0 atom stereocenters. The van der Waals surface area contributed by atoms with Crippen molar-refractivity contribution in [1.29, 1.82) is 5.26 Å². The van der Waals surface area contributed by atoms with Crippen LogP contribution in [0.15, 0.2) is 30.3 Å². The molecule has 0 radical (unpaired) electrons. The number of hydrogen-bond acceptors (Lipinski definition) is 4. The Bertz CT molecular complexity index is 655. The molecule has 0 spiro atoms. The molecule has 0 bridgehead atoms. The van der Waals surface area contributed by atoms with Gasteiger partial charge in [-0.15, -0.1) is 11.3 Å². The van der Waals surface area contributed by atoms with E-state index in [4.69, 9.17) is 15.1 Å². The van der Waals surface area contributed by atoms with Crippen LogP contribution in [0.25, 0.3) is 10.4 Å². The molecule has 2 aromatic rings. The second-order valence-corrected chi connectivity index (χ2v) is 4.81. The number of carboxylic acids is 1. The molecule has 0 fully saturated rings. The Kier molecular flexibility index (Phi) is 3.83. The predicted molar refractivity (Wildman–Crippen MR) is 72.6 cm³/mol. The lowest BCUT2D eigenvalue weighted by molar-refractivity contribution is 0.0702. The van der Waals surface area contributed by atoms with E-state index in [0.717, 1.165) is 10.4 Å². The molecule has 19 heavy (non-hydrogen) atoms. The maximum Gasteiger partial charge on any atom is 0.345 e. The van der Waals surface area contributed by atoms with E-state index in [1.54, 1.807) is 24.3 Å².